The Morgan fingerprint density at radius 1 is 0.733 bits per heavy atom. The summed E-state index contributed by atoms with van der Waals surface area (Å²) in [5.74, 6) is -1.51. The number of hydrogen-bond donors (Lipinski definition) is 2. The van der Waals surface area contributed by atoms with E-state index in [-0.39, 0.29) is 16.5 Å². The zero-order valence-electron chi connectivity index (χ0n) is 10.0. The van der Waals surface area contributed by atoms with Gasteiger partial charge in [0.25, 0.3) is 0 Å². The third kappa shape index (κ3) is 13.4. The van der Waals surface area contributed by atoms with Crippen molar-refractivity contribution in [2.75, 3.05) is 0 Å². The molecule has 0 rings (SSSR count). The van der Waals surface area contributed by atoms with Gasteiger partial charge in [-0.15, -0.1) is 0 Å². The zero-order valence-corrected chi connectivity index (χ0v) is 11.0. The summed E-state index contributed by atoms with van der Waals surface area (Å²) >= 11 is 0. The quantitative estimate of drug-likeness (QED) is 0.657. The van der Waals surface area contributed by atoms with Crippen LogP contribution < -0.4 is 0 Å². The third-order valence-electron chi connectivity index (χ3n) is 1.28. The van der Waals surface area contributed by atoms with Crippen molar-refractivity contribution < 1.29 is 36.3 Å². The molecule has 0 aliphatic heterocycles. The van der Waals surface area contributed by atoms with Gasteiger partial charge in [-0.05, 0) is 41.5 Å². The maximum Gasteiger partial charge on any atom is 0.308 e. The molecule has 0 aromatic rings. The average molecular weight is 263 g/mol. The molecule has 94 valence electrons. The van der Waals surface area contributed by atoms with E-state index in [0.717, 1.165) is 0 Å². The smallest absolute Gasteiger partial charge is 0.308 e. The first-order valence-corrected chi connectivity index (χ1v) is 4.36. The predicted molar refractivity (Wildman–Crippen MR) is 54.2 cm³/mol. The van der Waals surface area contributed by atoms with E-state index in [9.17, 15) is 9.59 Å². The van der Waals surface area contributed by atoms with E-state index in [0.29, 0.717) is 0 Å². The molecule has 0 atom stereocenters. The topological polar surface area (TPSA) is 74.6 Å². The minimum atomic E-state index is -0.757. The first-order chi connectivity index (χ1) is 5.89. The molecule has 0 radical (unpaired) electrons. The summed E-state index contributed by atoms with van der Waals surface area (Å²) in [4.78, 5) is 20.0. The summed E-state index contributed by atoms with van der Waals surface area (Å²) in [5, 5.41) is 16.5. The minimum Gasteiger partial charge on any atom is -0.481 e. The van der Waals surface area contributed by atoms with Crippen LogP contribution in [0.5, 0.6) is 0 Å². The molecule has 0 aromatic heterocycles. The maximum absolute atomic E-state index is 10.0. The van der Waals surface area contributed by atoms with Crippen LogP contribution in [0, 0.1) is 10.8 Å². The van der Waals surface area contributed by atoms with Crippen molar-refractivity contribution in [2.24, 2.45) is 10.8 Å². The van der Waals surface area contributed by atoms with E-state index in [1.165, 1.54) is 0 Å². The van der Waals surface area contributed by atoms with Crippen molar-refractivity contribution >= 4 is 11.9 Å². The maximum atomic E-state index is 10.0. The number of rotatable bonds is 0. The van der Waals surface area contributed by atoms with E-state index in [1.54, 1.807) is 41.5 Å². The molecule has 0 aliphatic rings. The SMILES string of the molecule is CC(C)(C)C(=O)O.CC(C)(C)C(=O)O.[Ni]. The van der Waals surface area contributed by atoms with Crippen LogP contribution in [-0.2, 0) is 26.1 Å². The van der Waals surface area contributed by atoms with Gasteiger partial charge in [0.05, 0.1) is 10.8 Å². The van der Waals surface area contributed by atoms with Gasteiger partial charge in [0.15, 0.2) is 0 Å². The summed E-state index contributed by atoms with van der Waals surface area (Å²) in [6.07, 6.45) is 0. The van der Waals surface area contributed by atoms with Crippen molar-refractivity contribution in [3.8, 4) is 0 Å². The van der Waals surface area contributed by atoms with Gasteiger partial charge in [0.1, 0.15) is 0 Å². The van der Waals surface area contributed by atoms with E-state index in [4.69, 9.17) is 10.2 Å². The predicted octanol–water partition coefficient (Wildman–Crippen LogP) is 2.23. The largest absolute Gasteiger partial charge is 0.481 e. The van der Waals surface area contributed by atoms with Crippen LogP contribution in [0.2, 0.25) is 0 Å². The average Bonchev–Trinajstić information content (AvgIpc) is 1.83. The van der Waals surface area contributed by atoms with Gasteiger partial charge in [-0.2, -0.15) is 0 Å². The molecule has 0 fully saturated rings. The molecule has 0 unspecified atom stereocenters. The van der Waals surface area contributed by atoms with Crippen LogP contribution in [-0.4, -0.2) is 22.2 Å². The Kier molecular flexibility index (Phi) is 9.08. The Balaban J connectivity index is -0.000000180. The fraction of sp³-hybridized carbons (Fsp3) is 0.800. The van der Waals surface area contributed by atoms with Crippen molar-refractivity contribution in [1.82, 2.24) is 0 Å². The minimum absolute atomic E-state index is 0. The van der Waals surface area contributed by atoms with Crippen molar-refractivity contribution in [1.29, 1.82) is 0 Å². The second-order valence-electron chi connectivity index (χ2n) is 5.11. The Morgan fingerprint density at radius 2 is 0.800 bits per heavy atom. The summed E-state index contributed by atoms with van der Waals surface area (Å²) in [6, 6.07) is 0. The monoisotopic (exact) mass is 262 g/mol. The zero-order chi connectivity index (χ0) is 12.2. The van der Waals surface area contributed by atoms with Gasteiger partial charge in [-0.25, -0.2) is 0 Å². The van der Waals surface area contributed by atoms with Gasteiger partial charge in [-0.1, -0.05) is 0 Å². The van der Waals surface area contributed by atoms with Gasteiger partial charge in [0.2, 0.25) is 0 Å². The standard InChI is InChI=1S/2C5H10O2.Ni/c2*1-5(2,3)4(6)7;/h2*1-3H3,(H,6,7);. The summed E-state index contributed by atoms with van der Waals surface area (Å²) in [6.45, 7) is 9.97. The molecule has 0 bridgehead atoms. The summed E-state index contributed by atoms with van der Waals surface area (Å²) in [5.41, 5.74) is -1.17. The van der Waals surface area contributed by atoms with E-state index >= 15 is 0 Å². The third-order valence-corrected chi connectivity index (χ3v) is 1.28. The van der Waals surface area contributed by atoms with Gasteiger partial charge in [0, 0.05) is 16.5 Å². The number of carboxylic acid groups (broad SMARTS) is 2. The van der Waals surface area contributed by atoms with Gasteiger partial charge < -0.3 is 10.2 Å². The molecule has 0 heterocycles. The van der Waals surface area contributed by atoms with Crippen LogP contribution in [0.1, 0.15) is 41.5 Å². The Bertz CT molecular complexity index is 186. The number of carboxylic acids is 2. The second-order valence-corrected chi connectivity index (χ2v) is 5.11. The van der Waals surface area contributed by atoms with E-state index in [2.05, 4.69) is 0 Å². The molecule has 0 aromatic carbocycles. The number of carbonyl (C=O) groups is 2. The molecule has 5 heteroatoms. The molecular weight excluding hydrogens is 243 g/mol. The normalized spacial score (nSPS) is 10.5. The van der Waals surface area contributed by atoms with Crippen molar-refractivity contribution in [2.45, 2.75) is 41.5 Å². The van der Waals surface area contributed by atoms with Crippen LogP contribution in [0.4, 0.5) is 0 Å². The second kappa shape index (κ2) is 6.83. The Labute approximate surface area is 101 Å². The Hall–Kier alpha value is -0.566. The molecule has 2 N–H and O–H groups in total. The molecule has 0 saturated carbocycles. The molecule has 0 saturated heterocycles. The number of hydrogen-bond acceptors (Lipinski definition) is 2. The van der Waals surface area contributed by atoms with Gasteiger partial charge >= 0.3 is 11.9 Å². The summed E-state index contributed by atoms with van der Waals surface area (Å²) in [7, 11) is 0. The van der Waals surface area contributed by atoms with Crippen LogP contribution in [0.25, 0.3) is 0 Å². The first-order valence-electron chi connectivity index (χ1n) is 4.36. The van der Waals surface area contributed by atoms with Crippen LogP contribution in [0.15, 0.2) is 0 Å². The van der Waals surface area contributed by atoms with Crippen LogP contribution in [0.3, 0.4) is 0 Å². The molecule has 0 amide bonds. The molecule has 4 nitrogen and oxygen atoms in total. The van der Waals surface area contributed by atoms with E-state index in [1.807, 2.05) is 0 Å². The number of aliphatic carboxylic acids is 2. The Morgan fingerprint density at radius 3 is 0.800 bits per heavy atom. The van der Waals surface area contributed by atoms with Crippen molar-refractivity contribution in [3.63, 3.8) is 0 Å². The van der Waals surface area contributed by atoms with Gasteiger partial charge in [-0.3, -0.25) is 9.59 Å². The van der Waals surface area contributed by atoms with Crippen molar-refractivity contribution in [3.05, 3.63) is 0 Å². The molecule has 0 spiro atoms. The molecule has 0 aliphatic carbocycles. The van der Waals surface area contributed by atoms with Crippen LogP contribution >= 0.6 is 0 Å². The molecular formula is C10H20NiO4. The fourth-order valence-electron chi connectivity index (χ4n) is 0. The molecule has 15 heavy (non-hydrogen) atoms. The summed E-state index contributed by atoms with van der Waals surface area (Å²) < 4.78 is 0. The first kappa shape index (κ1) is 19.9. The van der Waals surface area contributed by atoms with E-state index < -0.39 is 22.8 Å². The fourth-order valence-corrected chi connectivity index (χ4v) is 0.